The molecule has 0 fully saturated rings. The van der Waals surface area contributed by atoms with Gasteiger partial charge in [-0.2, -0.15) is 0 Å². The van der Waals surface area contributed by atoms with Gasteiger partial charge in [-0.25, -0.2) is 0 Å². The molecule has 1 unspecified atom stereocenters. The summed E-state index contributed by atoms with van der Waals surface area (Å²) in [5.41, 5.74) is 1.32. The zero-order chi connectivity index (χ0) is 15.1. The van der Waals surface area contributed by atoms with Crippen molar-refractivity contribution in [1.82, 2.24) is 10.2 Å². The predicted molar refractivity (Wildman–Crippen MR) is 88.8 cm³/mol. The molecule has 1 aliphatic heterocycles. The van der Waals surface area contributed by atoms with E-state index >= 15 is 0 Å². The molecule has 0 bridgehead atoms. The lowest BCUT2D eigenvalue weighted by Crippen LogP contribution is -2.35. The maximum Gasteiger partial charge on any atom is 0.123 e. The largest absolute Gasteiger partial charge is 0.492 e. The van der Waals surface area contributed by atoms with Crippen molar-refractivity contribution in [3.8, 4) is 5.75 Å². The fraction of sp³-hybridized carbons (Fsp3) is 0.667. The fourth-order valence-corrected chi connectivity index (χ4v) is 2.82. The van der Waals surface area contributed by atoms with E-state index in [2.05, 4.69) is 55.3 Å². The van der Waals surface area contributed by atoms with Gasteiger partial charge in [-0.1, -0.05) is 32.0 Å². The molecule has 0 aliphatic carbocycles. The summed E-state index contributed by atoms with van der Waals surface area (Å²) in [6, 6.07) is 9.04. The quantitative estimate of drug-likeness (QED) is 0.780. The molecule has 0 radical (unpaired) electrons. The number of benzene rings is 1. The molecular weight excluding hydrogens is 260 g/mol. The number of nitrogens with one attached hydrogen (secondary N) is 1. The minimum atomic E-state index is 0.612. The number of rotatable bonds is 7. The number of fused-ring (bicyclic) bond motifs is 1. The van der Waals surface area contributed by atoms with E-state index in [1.165, 1.54) is 18.4 Å². The van der Waals surface area contributed by atoms with Crippen molar-refractivity contribution >= 4 is 0 Å². The SMILES string of the molecule is CC(C)CNCCCC(C)N1CCOc2ccccc2C1. The molecule has 0 saturated carbocycles. The van der Waals surface area contributed by atoms with E-state index in [-0.39, 0.29) is 0 Å². The topological polar surface area (TPSA) is 24.5 Å². The Morgan fingerprint density at radius 2 is 2.05 bits per heavy atom. The summed E-state index contributed by atoms with van der Waals surface area (Å²) < 4.78 is 5.84. The van der Waals surface area contributed by atoms with Gasteiger partial charge < -0.3 is 10.1 Å². The molecule has 118 valence electrons. The zero-order valence-electron chi connectivity index (χ0n) is 13.8. The van der Waals surface area contributed by atoms with Crippen LogP contribution in [0.2, 0.25) is 0 Å². The van der Waals surface area contributed by atoms with Gasteiger partial charge in [0.1, 0.15) is 12.4 Å². The second kappa shape index (κ2) is 8.40. The molecule has 1 atom stereocenters. The molecule has 0 saturated heterocycles. The summed E-state index contributed by atoms with van der Waals surface area (Å²) in [5, 5.41) is 3.53. The van der Waals surface area contributed by atoms with E-state index in [1.807, 2.05) is 0 Å². The first-order valence-corrected chi connectivity index (χ1v) is 8.32. The normalized spacial score (nSPS) is 17.1. The van der Waals surface area contributed by atoms with Crippen LogP contribution in [-0.2, 0) is 6.54 Å². The van der Waals surface area contributed by atoms with Crippen molar-refractivity contribution < 1.29 is 4.74 Å². The summed E-state index contributed by atoms with van der Waals surface area (Å²) in [4.78, 5) is 2.55. The first-order chi connectivity index (χ1) is 10.2. The predicted octanol–water partition coefficient (Wildman–Crippen LogP) is 3.30. The maximum absolute atomic E-state index is 5.84. The maximum atomic E-state index is 5.84. The van der Waals surface area contributed by atoms with Crippen molar-refractivity contribution in [2.24, 2.45) is 5.92 Å². The first-order valence-electron chi connectivity index (χ1n) is 8.32. The monoisotopic (exact) mass is 290 g/mol. The van der Waals surface area contributed by atoms with Gasteiger partial charge in [0.25, 0.3) is 0 Å². The molecule has 3 heteroatoms. The van der Waals surface area contributed by atoms with Gasteiger partial charge in [0, 0.05) is 24.7 Å². The van der Waals surface area contributed by atoms with Gasteiger partial charge in [0.15, 0.2) is 0 Å². The van der Waals surface area contributed by atoms with E-state index in [4.69, 9.17) is 4.74 Å². The molecule has 2 rings (SSSR count). The Kier molecular flexibility index (Phi) is 6.52. The Hall–Kier alpha value is -1.06. The number of nitrogens with zero attached hydrogens (tertiary/aromatic N) is 1. The van der Waals surface area contributed by atoms with Gasteiger partial charge in [-0.15, -0.1) is 0 Å². The summed E-state index contributed by atoms with van der Waals surface area (Å²) in [6.07, 6.45) is 2.49. The van der Waals surface area contributed by atoms with Crippen LogP contribution in [0.4, 0.5) is 0 Å². The van der Waals surface area contributed by atoms with Crippen LogP contribution in [-0.4, -0.2) is 37.2 Å². The van der Waals surface area contributed by atoms with Crippen LogP contribution in [0.15, 0.2) is 24.3 Å². The molecule has 1 aromatic rings. The third kappa shape index (κ3) is 5.33. The van der Waals surface area contributed by atoms with Crippen molar-refractivity contribution in [3.05, 3.63) is 29.8 Å². The van der Waals surface area contributed by atoms with Gasteiger partial charge in [-0.3, -0.25) is 4.90 Å². The molecule has 1 N–H and O–H groups in total. The highest BCUT2D eigenvalue weighted by Crippen LogP contribution is 2.24. The van der Waals surface area contributed by atoms with Crippen LogP contribution in [0.25, 0.3) is 0 Å². The molecular formula is C18H30N2O. The highest BCUT2D eigenvalue weighted by molar-refractivity contribution is 5.33. The Morgan fingerprint density at radius 1 is 1.24 bits per heavy atom. The van der Waals surface area contributed by atoms with E-state index in [0.717, 1.165) is 44.5 Å². The second-order valence-corrected chi connectivity index (χ2v) is 6.52. The third-order valence-electron chi connectivity index (χ3n) is 4.13. The van der Waals surface area contributed by atoms with Gasteiger partial charge in [0.2, 0.25) is 0 Å². The zero-order valence-corrected chi connectivity index (χ0v) is 13.8. The van der Waals surface area contributed by atoms with Crippen molar-refractivity contribution in [2.45, 2.75) is 46.2 Å². The van der Waals surface area contributed by atoms with Gasteiger partial charge >= 0.3 is 0 Å². The van der Waals surface area contributed by atoms with Crippen LogP contribution < -0.4 is 10.1 Å². The van der Waals surface area contributed by atoms with Gasteiger partial charge in [-0.05, 0) is 44.8 Å². The van der Waals surface area contributed by atoms with Crippen LogP contribution in [0.5, 0.6) is 5.75 Å². The standard InChI is InChI=1S/C18H30N2O/c1-15(2)13-19-10-6-7-16(3)20-11-12-21-18-9-5-4-8-17(18)14-20/h4-5,8-9,15-16,19H,6-7,10-14H2,1-3H3. The van der Waals surface area contributed by atoms with Crippen LogP contribution in [0.3, 0.4) is 0 Å². The summed E-state index contributed by atoms with van der Waals surface area (Å²) in [6.45, 7) is 11.9. The Bertz CT molecular complexity index is 419. The second-order valence-electron chi connectivity index (χ2n) is 6.52. The Morgan fingerprint density at radius 3 is 2.86 bits per heavy atom. The highest BCUT2D eigenvalue weighted by Gasteiger charge is 2.19. The van der Waals surface area contributed by atoms with E-state index in [0.29, 0.717) is 6.04 Å². The lowest BCUT2D eigenvalue weighted by Gasteiger charge is -2.27. The third-order valence-corrected chi connectivity index (χ3v) is 4.13. The van der Waals surface area contributed by atoms with E-state index in [9.17, 15) is 0 Å². The lowest BCUT2D eigenvalue weighted by molar-refractivity contribution is 0.170. The highest BCUT2D eigenvalue weighted by atomic mass is 16.5. The van der Waals surface area contributed by atoms with Crippen LogP contribution in [0.1, 0.15) is 39.2 Å². The van der Waals surface area contributed by atoms with Crippen LogP contribution >= 0.6 is 0 Å². The molecule has 1 aliphatic rings. The minimum Gasteiger partial charge on any atom is -0.492 e. The molecule has 1 heterocycles. The number of para-hydroxylation sites is 1. The number of ether oxygens (including phenoxy) is 1. The van der Waals surface area contributed by atoms with Crippen molar-refractivity contribution in [1.29, 1.82) is 0 Å². The Balaban J connectivity index is 1.76. The van der Waals surface area contributed by atoms with Gasteiger partial charge in [0.05, 0.1) is 0 Å². The molecule has 21 heavy (non-hydrogen) atoms. The summed E-state index contributed by atoms with van der Waals surface area (Å²) >= 11 is 0. The molecule has 0 spiro atoms. The number of hydrogen-bond acceptors (Lipinski definition) is 3. The van der Waals surface area contributed by atoms with Crippen molar-refractivity contribution in [2.75, 3.05) is 26.2 Å². The lowest BCUT2D eigenvalue weighted by atomic mass is 10.1. The smallest absolute Gasteiger partial charge is 0.123 e. The average molecular weight is 290 g/mol. The molecule has 0 amide bonds. The average Bonchev–Trinajstić information content (AvgIpc) is 2.68. The molecule has 0 aromatic heterocycles. The summed E-state index contributed by atoms with van der Waals surface area (Å²) in [7, 11) is 0. The minimum absolute atomic E-state index is 0.612. The number of hydrogen-bond donors (Lipinski definition) is 1. The Labute approximate surface area is 129 Å². The molecule has 3 nitrogen and oxygen atoms in total. The first kappa shape index (κ1) is 16.3. The fourth-order valence-electron chi connectivity index (χ4n) is 2.82. The summed E-state index contributed by atoms with van der Waals surface area (Å²) in [5.74, 6) is 1.80. The van der Waals surface area contributed by atoms with E-state index < -0.39 is 0 Å². The molecule has 1 aromatic carbocycles. The van der Waals surface area contributed by atoms with Crippen molar-refractivity contribution in [3.63, 3.8) is 0 Å². The van der Waals surface area contributed by atoms with Crippen LogP contribution in [0, 0.1) is 5.92 Å². The van der Waals surface area contributed by atoms with E-state index in [1.54, 1.807) is 0 Å².